The number of hydrogen-bond donors (Lipinski definition) is 0. The van der Waals surface area contributed by atoms with Gasteiger partial charge in [0.15, 0.2) is 0 Å². The van der Waals surface area contributed by atoms with Gasteiger partial charge in [0.2, 0.25) is 5.91 Å². The number of likely N-dealkylation sites (N-methyl/N-ethyl adjacent to an activating group) is 1. The molecule has 0 unspecified atom stereocenters. The molecule has 3 heteroatoms. The molecular weight excluding hydrogens is 296 g/mol. The first-order chi connectivity index (χ1) is 11.7. The lowest BCUT2D eigenvalue weighted by atomic mass is 9.86. The highest BCUT2D eigenvalue weighted by atomic mass is 16.2. The predicted molar refractivity (Wildman–Crippen MR) is 97.0 cm³/mol. The van der Waals surface area contributed by atoms with Crippen LogP contribution in [0.5, 0.6) is 0 Å². The molecule has 1 aromatic rings. The fraction of sp³-hybridized carbons (Fsp3) is 0.667. The molecule has 1 aliphatic heterocycles. The van der Waals surface area contributed by atoms with Crippen molar-refractivity contribution in [2.24, 2.45) is 0 Å². The van der Waals surface area contributed by atoms with Crippen LogP contribution in [0.25, 0.3) is 0 Å². The highest BCUT2D eigenvalue weighted by Crippen LogP contribution is 2.50. The molecule has 1 aromatic carbocycles. The molecule has 0 aromatic heterocycles. The Labute approximate surface area is 146 Å². The summed E-state index contributed by atoms with van der Waals surface area (Å²) in [6.45, 7) is 2.46. The Morgan fingerprint density at radius 1 is 1.04 bits per heavy atom. The number of benzene rings is 1. The van der Waals surface area contributed by atoms with E-state index in [1.807, 2.05) is 6.07 Å². The fourth-order valence-corrected chi connectivity index (χ4v) is 5.04. The molecule has 2 saturated carbocycles. The van der Waals surface area contributed by atoms with Crippen LogP contribution in [-0.4, -0.2) is 47.9 Å². The second-order valence-corrected chi connectivity index (χ2v) is 8.03. The molecule has 4 rings (SSSR count). The Balaban J connectivity index is 1.53. The van der Waals surface area contributed by atoms with Gasteiger partial charge >= 0.3 is 0 Å². The smallest absolute Gasteiger partial charge is 0.233 e. The summed E-state index contributed by atoms with van der Waals surface area (Å²) in [6.07, 6.45) is 9.72. The number of rotatable bonds is 4. The lowest BCUT2D eigenvalue weighted by molar-refractivity contribution is -0.137. The Hall–Kier alpha value is -1.35. The van der Waals surface area contributed by atoms with E-state index < -0.39 is 0 Å². The van der Waals surface area contributed by atoms with Crippen molar-refractivity contribution < 1.29 is 4.79 Å². The van der Waals surface area contributed by atoms with Gasteiger partial charge in [-0.25, -0.2) is 0 Å². The van der Waals surface area contributed by atoms with Gasteiger partial charge in [-0.05, 0) is 57.2 Å². The normalized spacial score (nSPS) is 29.4. The van der Waals surface area contributed by atoms with E-state index in [1.54, 1.807) is 0 Å². The zero-order chi connectivity index (χ0) is 16.6. The Morgan fingerprint density at radius 3 is 2.38 bits per heavy atom. The summed E-state index contributed by atoms with van der Waals surface area (Å²) in [4.78, 5) is 18.2. The standard InChI is InChI=1S/C21H30N2O/c1-22(18-11-5-6-12-19(18)23-15-7-8-16-23)20(24)21(13-14-21)17-9-3-2-4-10-17/h2-4,9-10,18-19H,5-8,11-16H2,1H3/t18-,19-/m1/s1. The van der Waals surface area contributed by atoms with E-state index in [-0.39, 0.29) is 5.41 Å². The molecule has 24 heavy (non-hydrogen) atoms. The van der Waals surface area contributed by atoms with E-state index in [0.29, 0.717) is 18.0 Å². The number of nitrogens with zero attached hydrogens (tertiary/aromatic N) is 2. The molecule has 0 radical (unpaired) electrons. The summed E-state index contributed by atoms with van der Waals surface area (Å²) in [5.41, 5.74) is 0.999. The summed E-state index contributed by atoms with van der Waals surface area (Å²) in [5, 5.41) is 0. The minimum absolute atomic E-state index is 0.219. The summed E-state index contributed by atoms with van der Waals surface area (Å²) in [7, 11) is 2.07. The SMILES string of the molecule is CN(C(=O)C1(c2ccccc2)CC1)[C@@H]1CCCC[C@H]1N1CCCC1. The second-order valence-electron chi connectivity index (χ2n) is 8.03. The van der Waals surface area contributed by atoms with Crippen LogP contribution in [0.15, 0.2) is 30.3 Å². The monoisotopic (exact) mass is 326 g/mol. The summed E-state index contributed by atoms with van der Waals surface area (Å²) in [5.74, 6) is 0.366. The van der Waals surface area contributed by atoms with Crippen molar-refractivity contribution in [1.82, 2.24) is 9.80 Å². The summed E-state index contributed by atoms with van der Waals surface area (Å²) in [6, 6.07) is 11.4. The van der Waals surface area contributed by atoms with Crippen molar-refractivity contribution in [2.45, 2.75) is 68.9 Å². The van der Waals surface area contributed by atoms with Crippen LogP contribution < -0.4 is 0 Å². The van der Waals surface area contributed by atoms with Crippen molar-refractivity contribution in [1.29, 1.82) is 0 Å². The number of carbonyl (C=O) groups is 1. The van der Waals surface area contributed by atoms with Crippen LogP contribution in [-0.2, 0) is 10.2 Å². The Kier molecular flexibility index (Phi) is 4.38. The maximum atomic E-state index is 13.4. The average Bonchev–Trinajstić information content (AvgIpc) is 3.28. The van der Waals surface area contributed by atoms with Gasteiger partial charge in [0.05, 0.1) is 5.41 Å². The topological polar surface area (TPSA) is 23.6 Å². The van der Waals surface area contributed by atoms with Crippen molar-refractivity contribution >= 4 is 5.91 Å². The third-order valence-corrected chi connectivity index (χ3v) is 6.61. The highest BCUT2D eigenvalue weighted by molar-refractivity contribution is 5.91. The molecule has 1 saturated heterocycles. The molecule has 0 spiro atoms. The van der Waals surface area contributed by atoms with Crippen molar-refractivity contribution in [2.75, 3.05) is 20.1 Å². The predicted octanol–water partition coefficient (Wildman–Crippen LogP) is 3.58. The van der Waals surface area contributed by atoms with E-state index >= 15 is 0 Å². The molecule has 0 N–H and O–H groups in total. The number of hydrogen-bond acceptors (Lipinski definition) is 2. The summed E-state index contributed by atoms with van der Waals surface area (Å²) >= 11 is 0. The first kappa shape index (κ1) is 16.1. The van der Waals surface area contributed by atoms with Gasteiger partial charge in [-0.1, -0.05) is 43.2 Å². The minimum Gasteiger partial charge on any atom is -0.340 e. The van der Waals surface area contributed by atoms with Gasteiger partial charge in [0, 0.05) is 19.1 Å². The van der Waals surface area contributed by atoms with Crippen LogP contribution in [0.2, 0.25) is 0 Å². The van der Waals surface area contributed by atoms with Crippen LogP contribution in [0, 0.1) is 0 Å². The lowest BCUT2D eigenvalue weighted by Gasteiger charge is -2.43. The van der Waals surface area contributed by atoms with Gasteiger partial charge in [-0.2, -0.15) is 0 Å². The first-order valence-electron chi connectivity index (χ1n) is 9.79. The molecule has 0 bridgehead atoms. The third kappa shape index (κ3) is 2.77. The van der Waals surface area contributed by atoms with Crippen LogP contribution in [0.3, 0.4) is 0 Å². The molecule has 3 aliphatic rings. The number of likely N-dealkylation sites (tertiary alicyclic amines) is 1. The van der Waals surface area contributed by atoms with Gasteiger partial charge in [-0.15, -0.1) is 0 Å². The molecule has 3 nitrogen and oxygen atoms in total. The zero-order valence-corrected chi connectivity index (χ0v) is 14.9. The van der Waals surface area contributed by atoms with E-state index in [0.717, 1.165) is 12.8 Å². The third-order valence-electron chi connectivity index (χ3n) is 6.61. The largest absolute Gasteiger partial charge is 0.340 e. The van der Waals surface area contributed by atoms with Crippen LogP contribution in [0.4, 0.5) is 0 Å². The van der Waals surface area contributed by atoms with Crippen molar-refractivity contribution in [3.8, 4) is 0 Å². The molecule has 1 heterocycles. The molecule has 130 valence electrons. The number of carbonyl (C=O) groups excluding carboxylic acids is 1. The van der Waals surface area contributed by atoms with E-state index in [2.05, 4.69) is 41.1 Å². The fourth-order valence-electron chi connectivity index (χ4n) is 5.04. The quantitative estimate of drug-likeness (QED) is 0.844. The van der Waals surface area contributed by atoms with Gasteiger partial charge in [0.25, 0.3) is 0 Å². The number of amides is 1. The van der Waals surface area contributed by atoms with Gasteiger partial charge < -0.3 is 4.90 Å². The van der Waals surface area contributed by atoms with Gasteiger partial charge in [-0.3, -0.25) is 9.69 Å². The average molecular weight is 326 g/mol. The van der Waals surface area contributed by atoms with Crippen LogP contribution >= 0.6 is 0 Å². The van der Waals surface area contributed by atoms with Crippen LogP contribution in [0.1, 0.15) is 56.9 Å². The maximum Gasteiger partial charge on any atom is 0.233 e. The molecule has 1 amide bonds. The first-order valence-corrected chi connectivity index (χ1v) is 9.79. The maximum absolute atomic E-state index is 13.4. The highest BCUT2D eigenvalue weighted by Gasteiger charge is 2.53. The van der Waals surface area contributed by atoms with Gasteiger partial charge in [0.1, 0.15) is 0 Å². The van der Waals surface area contributed by atoms with Crippen molar-refractivity contribution in [3.05, 3.63) is 35.9 Å². The van der Waals surface area contributed by atoms with E-state index in [9.17, 15) is 4.79 Å². The lowest BCUT2D eigenvalue weighted by Crippen LogP contribution is -2.55. The minimum atomic E-state index is -0.219. The Morgan fingerprint density at radius 2 is 1.71 bits per heavy atom. The van der Waals surface area contributed by atoms with E-state index in [1.165, 1.54) is 57.2 Å². The van der Waals surface area contributed by atoms with E-state index in [4.69, 9.17) is 0 Å². The molecule has 2 atom stereocenters. The molecular formula is C21H30N2O. The van der Waals surface area contributed by atoms with Crippen molar-refractivity contribution in [3.63, 3.8) is 0 Å². The summed E-state index contributed by atoms with van der Waals surface area (Å²) < 4.78 is 0. The molecule has 3 fully saturated rings. The zero-order valence-electron chi connectivity index (χ0n) is 14.9. The molecule has 2 aliphatic carbocycles. The second kappa shape index (κ2) is 6.51. The Bertz CT molecular complexity index is 575.